The van der Waals surface area contributed by atoms with Crippen LogP contribution in [0.3, 0.4) is 0 Å². The van der Waals surface area contributed by atoms with Crippen LogP contribution in [0.1, 0.15) is 57.5 Å². The van der Waals surface area contributed by atoms with Gasteiger partial charge in [0, 0.05) is 40.1 Å². The molecule has 6 nitrogen and oxygen atoms in total. The van der Waals surface area contributed by atoms with E-state index in [0.29, 0.717) is 33.4 Å². The molecule has 0 aliphatic rings. The van der Waals surface area contributed by atoms with Crippen molar-refractivity contribution in [2.45, 2.75) is 58.2 Å². The molecule has 1 N–H and O–H groups in total. The Morgan fingerprint density at radius 1 is 0.895 bits per heavy atom. The first-order valence-electron chi connectivity index (χ1n) is 13.2. The zero-order valence-electron chi connectivity index (χ0n) is 23.3. The SMILES string of the molecule is COC(=O)Nc1cc(C(=O)c2cccnc2)cc(-c2cccc3c2ccn3[Si](C(C)C)(C(C)C)C(C)C)c1. The van der Waals surface area contributed by atoms with Gasteiger partial charge in [-0.1, -0.05) is 53.7 Å². The van der Waals surface area contributed by atoms with E-state index in [1.807, 2.05) is 12.1 Å². The lowest BCUT2D eigenvalue weighted by molar-refractivity contribution is 0.103. The molecule has 0 saturated carbocycles. The number of pyridine rings is 1. The van der Waals surface area contributed by atoms with Gasteiger partial charge in [-0.05, 0) is 76.4 Å². The summed E-state index contributed by atoms with van der Waals surface area (Å²) < 4.78 is 7.41. The summed E-state index contributed by atoms with van der Waals surface area (Å²) in [5.41, 5.74) is 6.17. The third-order valence-corrected chi connectivity index (χ3v) is 14.6. The van der Waals surface area contributed by atoms with Crippen molar-refractivity contribution in [3.63, 3.8) is 0 Å². The summed E-state index contributed by atoms with van der Waals surface area (Å²) in [6, 6.07) is 17.5. The molecule has 4 aromatic rings. The Hall–Kier alpha value is -3.71. The lowest BCUT2D eigenvalue weighted by Crippen LogP contribution is -2.51. The van der Waals surface area contributed by atoms with E-state index >= 15 is 0 Å². The predicted octanol–water partition coefficient (Wildman–Crippen LogP) is 8.14. The van der Waals surface area contributed by atoms with Crippen LogP contribution < -0.4 is 5.32 Å². The van der Waals surface area contributed by atoms with E-state index in [-0.39, 0.29) is 5.78 Å². The van der Waals surface area contributed by atoms with Gasteiger partial charge in [0.05, 0.1) is 7.11 Å². The Bertz CT molecular complexity index is 1440. The largest absolute Gasteiger partial charge is 0.453 e. The van der Waals surface area contributed by atoms with Crippen LogP contribution >= 0.6 is 0 Å². The maximum atomic E-state index is 13.4. The van der Waals surface area contributed by atoms with Crippen LogP contribution in [0.5, 0.6) is 0 Å². The third-order valence-electron chi connectivity index (χ3n) is 7.79. The standard InChI is InChI=1S/C31H37N3O3Si/c1-20(2)38(21(3)4,22(5)6)34-15-13-28-27(11-8-12-29(28)34)24-16-25(18-26(17-24)33-31(36)37-7)30(35)23-10-9-14-32-19-23/h8-22H,1-7H3,(H,33,36). The molecule has 4 rings (SSSR count). The number of hydrogen-bond donors (Lipinski definition) is 1. The van der Waals surface area contributed by atoms with E-state index < -0.39 is 14.3 Å². The Kier molecular flexibility index (Phi) is 7.88. The minimum atomic E-state index is -1.97. The highest BCUT2D eigenvalue weighted by Crippen LogP contribution is 2.45. The van der Waals surface area contributed by atoms with Crippen molar-refractivity contribution in [1.29, 1.82) is 0 Å². The molecule has 0 bridgehead atoms. The van der Waals surface area contributed by atoms with E-state index in [2.05, 4.69) is 86.5 Å². The number of fused-ring (bicyclic) bond motifs is 1. The number of nitrogens with zero attached hydrogens (tertiary/aromatic N) is 2. The second-order valence-electron chi connectivity index (χ2n) is 10.8. The summed E-state index contributed by atoms with van der Waals surface area (Å²) in [6.07, 6.45) is 4.86. The summed E-state index contributed by atoms with van der Waals surface area (Å²) in [4.78, 5) is 29.5. The third kappa shape index (κ3) is 4.78. The lowest BCUT2D eigenvalue weighted by atomic mass is 9.96. The summed E-state index contributed by atoms with van der Waals surface area (Å²) in [5.74, 6) is -0.163. The average Bonchev–Trinajstić information content (AvgIpc) is 3.32. The van der Waals surface area contributed by atoms with Gasteiger partial charge in [0.2, 0.25) is 0 Å². The number of amides is 1. The Balaban J connectivity index is 1.93. The van der Waals surface area contributed by atoms with Crippen molar-refractivity contribution >= 4 is 36.7 Å². The first-order valence-corrected chi connectivity index (χ1v) is 15.3. The highest BCUT2D eigenvalue weighted by atomic mass is 28.3. The highest BCUT2D eigenvalue weighted by Gasteiger charge is 2.45. The normalized spacial score (nSPS) is 11.9. The zero-order chi connectivity index (χ0) is 27.6. The van der Waals surface area contributed by atoms with Gasteiger partial charge < -0.3 is 8.97 Å². The molecule has 0 radical (unpaired) electrons. The second-order valence-corrected chi connectivity index (χ2v) is 16.5. The maximum absolute atomic E-state index is 13.4. The molecule has 0 atom stereocenters. The van der Waals surface area contributed by atoms with Crippen molar-refractivity contribution in [2.24, 2.45) is 0 Å². The molecule has 1 amide bonds. The molecule has 0 aliphatic heterocycles. The number of aromatic nitrogens is 2. The number of anilines is 1. The zero-order valence-corrected chi connectivity index (χ0v) is 24.3. The highest BCUT2D eigenvalue weighted by molar-refractivity contribution is 6.82. The molecule has 0 spiro atoms. The van der Waals surface area contributed by atoms with Gasteiger partial charge in [0.15, 0.2) is 14.0 Å². The van der Waals surface area contributed by atoms with Crippen LogP contribution in [0.4, 0.5) is 10.5 Å². The molecule has 198 valence electrons. The molecule has 0 saturated heterocycles. The van der Waals surface area contributed by atoms with Crippen LogP contribution in [0.25, 0.3) is 22.0 Å². The number of hydrogen-bond acceptors (Lipinski definition) is 4. The topological polar surface area (TPSA) is 73.2 Å². The van der Waals surface area contributed by atoms with Gasteiger partial charge in [-0.2, -0.15) is 0 Å². The van der Waals surface area contributed by atoms with Gasteiger partial charge in [-0.3, -0.25) is 15.1 Å². The summed E-state index contributed by atoms with van der Waals surface area (Å²) in [6.45, 7) is 14.2. The van der Waals surface area contributed by atoms with Crippen molar-refractivity contribution in [1.82, 2.24) is 9.22 Å². The first-order chi connectivity index (χ1) is 18.1. The fraction of sp³-hybridized carbons (Fsp3) is 0.323. The van der Waals surface area contributed by atoms with E-state index in [4.69, 9.17) is 4.74 Å². The molecule has 0 unspecified atom stereocenters. The van der Waals surface area contributed by atoms with Gasteiger partial charge in [0.1, 0.15) is 0 Å². The average molecular weight is 528 g/mol. The minimum absolute atomic E-state index is 0.163. The summed E-state index contributed by atoms with van der Waals surface area (Å²) in [5, 5.41) is 3.87. The van der Waals surface area contributed by atoms with Gasteiger partial charge in [-0.25, -0.2) is 4.79 Å². The number of ketones is 1. The smallest absolute Gasteiger partial charge is 0.411 e. The molecular formula is C31H37N3O3Si. The van der Waals surface area contributed by atoms with E-state index in [1.165, 1.54) is 12.6 Å². The van der Waals surface area contributed by atoms with Gasteiger partial charge in [0.25, 0.3) is 0 Å². The van der Waals surface area contributed by atoms with Crippen molar-refractivity contribution in [3.05, 3.63) is 84.3 Å². The van der Waals surface area contributed by atoms with Crippen molar-refractivity contribution < 1.29 is 14.3 Å². The number of rotatable bonds is 8. The molecule has 2 heterocycles. The first kappa shape index (κ1) is 27.3. The Morgan fingerprint density at radius 3 is 2.21 bits per heavy atom. The van der Waals surface area contributed by atoms with E-state index in [9.17, 15) is 9.59 Å². The molecular weight excluding hydrogens is 490 g/mol. The van der Waals surface area contributed by atoms with Gasteiger partial charge in [-0.15, -0.1) is 0 Å². The molecule has 2 aromatic carbocycles. The van der Waals surface area contributed by atoms with Crippen LogP contribution in [0.15, 0.2) is 73.2 Å². The minimum Gasteiger partial charge on any atom is -0.453 e. The molecule has 0 aliphatic carbocycles. The molecule has 2 aromatic heterocycles. The van der Waals surface area contributed by atoms with Crippen molar-refractivity contribution in [3.8, 4) is 11.1 Å². The Labute approximate surface area is 226 Å². The summed E-state index contributed by atoms with van der Waals surface area (Å²) >= 11 is 0. The van der Waals surface area contributed by atoms with Crippen LogP contribution in [0.2, 0.25) is 16.6 Å². The number of carbonyl (C=O) groups is 2. The molecule has 7 heteroatoms. The number of carbonyl (C=O) groups excluding carboxylic acids is 2. The fourth-order valence-electron chi connectivity index (χ4n) is 6.41. The molecule has 38 heavy (non-hydrogen) atoms. The van der Waals surface area contributed by atoms with E-state index in [0.717, 1.165) is 16.5 Å². The maximum Gasteiger partial charge on any atom is 0.411 e. The lowest BCUT2D eigenvalue weighted by Gasteiger charge is -2.44. The monoisotopic (exact) mass is 527 g/mol. The number of ether oxygens (including phenoxy) is 1. The van der Waals surface area contributed by atoms with E-state index in [1.54, 1.807) is 30.6 Å². The quantitative estimate of drug-likeness (QED) is 0.185. The predicted molar refractivity (Wildman–Crippen MR) is 158 cm³/mol. The van der Waals surface area contributed by atoms with Gasteiger partial charge >= 0.3 is 6.09 Å². The molecule has 0 fully saturated rings. The second kappa shape index (κ2) is 11.0. The summed E-state index contributed by atoms with van der Waals surface area (Å²) in [7, 11) is -0.650. The number of methoxy groups -OCH3 is 1. The Morgan fingerprint density at radius 2 is 1.61 bits per heavy atom. The van der Waals surface area contributed by atoms with Crippen LogP contribution in [-0.4, -0.2) is 36.4 Å². The van der Waals surface area contributed by atoms with Crippen molar-refractivity contribution in [2.75, 3.05) is 12.4 Å². The fourth-order valence-corrected chi connectivity index (χ4v) is 13.0. The number of nitrogens with one attached hydrogen (secondary N) is 1. The number of benzene rings is 2. The van der Waals surface area contributed by atoms with Crippen LogP contribution in [0, 0.1) is 0 Å². The van der Waals surface area contributed by atoms with Crippen LogP contribution in [-0.2, 0) is 4.74 Å².